The van der Waals surface area contributed by atoms with Gasteiger partial charge in [0.1, 0.15) is 5.69 Å². The summed E-state index contributed by atoms with van der Waals surface area (Å²) in [7, 11) is 0. The van der Waals surface area contributed by atoms with Crippen molar-refractivity contribution in [3.63, 3.8) is 0 Å². The maximum absolute atomic E-state index is 13.1. The summed E-state index contributed by atoms with van der Waals surface area (Å²) >= 11 is 16.2. The lowest BCUT2D eigenvalue weighted by atomic mass is 9.97. The first-order valence-corrected chi connectivity index (χ1v) is 13.6. The van der Waals surface area contributed by atoms with Gasteiger partial charge in [0, 0.05) is 46.4 Å². The van der Waals surface area contributed by atoms with E-state index in [1.54, 1.807) is 17.0 Å². The van der Waals surface area contributed by atoms with E-state index < -0.39 is 0 Å². The number of halogens is 3. The Kier molecular flexibility index (Phi) is 8.57. The summed E-state index contributed by atoms with van der Waals surface area (Å²) in [5.41, 5.74) is 3.76. The first-order chi connectivity index (χ1) is 18.2. The lowest BCUT2D eigenvalue weighted by Gasteiger charge is -2.17. The van der Waals surface area contributed by atoms with Crippen molar-refractivity contribution in [3.05, 3.63) is 68.8 Å². The van der Waals surface area contributed by atoms with Gasteiger partial charge >= 0.3 is 0 Å². The van der Waals surface area contributed by atoms with E-state index in [1.807, 2.05) is 56.3 Å². The quantitative estimate of drug-likeness (QED) is 0.210. The van der Waals surface area contributed by atoms with E-state index in [9.17, 15) is 9.59 Å². The Morgan fingerprint density at radius 1 is 1.13 bits per heavy atom. The van der Waals surface area contributed by atoms with E-state index >= 15 is 0 Å². The molecule has 1 fully saturated rings. The number of ketones is 1. The van der Waals surface area contributed by atoms with Crippen molar-refractivity contribution in [2.24, 2.45) is 5.92 Å². The molecule has 194 valence electrons. The summed E-state index contributed by atoms with van der Waals surface area (Å²) in [4.78, 5) is 32.4. The summed E-state index contributed by atoms with van der Waals surface area (Å²) in [5, 5.41) is 9.06. The number of anilines is 1. The summed E-state index contributed by atoms with van der Waals surface area (Å²) in [5.74, 6) is -0.338. The summed E-state index contributed by atoms with van der Waals surface area (Å²) < 4.78 is 6.94. The molecule has 9 heteroatoms. The molecule has 0 bridgehead atoms. The Morgan fingerprint density at radius 2 is 1.82 bits per heavy atom. The number of rotatable bonds is 5. The number of Topliss-reactive ketones (excluding diaryl/α,β-unsaturated/α-hetero) is 1. The van der Waals surface area contributed by atoms with Crippen LogP contribution in [0, 0.1) is 17.2 Å². The SMILES string of the molecule is CC#N.CC(C)C(=O)c1oc2nc(-c3ccc(Br)cc3Cl)c(-c3ccc(Cl)cc3)cc2c1N1CCCC1=O. The van der Waals surface area contributed by atoms with Crippen LogP contribution < -0.4 is 4.90 Å². The zero-order valence-electron chi connectivity index (χ0n) is 21.0. The maximum Gasteiger partial charge on any atom is 0.229 e. The third-order valence-electron chi connectivity index (χ3n) is 6.09. The smallest absolute Gasteiger partial charge is 0.229 e. The molecular formula is C29H24BrCl2N3O3. The summed E-state index contributed by atoms with van der Waals surface area (Å²) in [6.07, 6.45) is 1.16. The number of fused-ring (bicyclic) bond motifs is 1. The second-order valence-corrected chi connectivity index (χ2v) is 10.8. The molecule has 0 N–H and O–H groups in total. The van der Waals surface area contributed by atoms with Gasteiger partial charge in [0.25, 0.3) is 0 Å². The summed E-state index contributed by atoms with van der Waals surface area (Å²) in [6, 6.07) is 16.7. The average Bonchev–Trinajstić information content (AvgIpc) is 3.46. The minimum Gasteiger partial charge on any atom is -0.432 e. The molecule has 3 heterocycles. The van der Waals surface area contributed by atoms with Gasteiger partial charge < -0.3 is 9.32 Å². The van der Waals surface area contributed by atoms with Crippen LogP contribution in [0.25, 0.3) is 33.5 Å². The van der Waals surface area contributed by atoms with Crippen molar-refractivity contribution < 1.29 is 14.0 Å². The Labute approximate surface area is 239 Å². The molecule has 2 aromatic heterocycles. The number of nitrogens with zero attached hydrogens (tertiary/aromatic N) is 3. The second kappa shape index (κ2) is 11.7. The van der Waals surface area contributed by atoms with Crippen LogP contribution in [0.1, 0.15) is 44.2 Å². The van der Waals surface area contributed by atoms with E-state index in [1.165, 1.54) is 6.92 Å². The third-order valence-corrected chi connectivity index (χ3v) is 7.15. The van der Waals surface area contributed by atoms with E-state index in [2.05, 4.69) is 15.9 Å². The topological polar surface area (TPSA) is 87.2 Å². The monoisotopic (exact) mass is 611 g/mol. The number of aromatic nitrogens is 1. The van der Waals surface area contributed by atoms with Crippen molar-refractivity contribution in [2.45, 2.75) is 33.6 Å². The van der Waals surface area contributed by atoms with Gasteiger partial charge in [-0.1, -0.05) is 71.2 Å². The molecule has 0 aliphatic carbocycles. The highest BCUT2D eigenvalue weighted by atomic mass is 79.9. The summed E-state index contributed by atoms with van der Waals surface area (Å²) in [6.45, 7) is 5.58. The lowest BCUT2D eigenvalue weighted by Crippen LogP contribution is -2.25. The zero-order valence-corrected chi connectivity index (χ0v) is 24.1. The van der Waals surface area contributed by atoms with E-state index in [0.717, 1.165) is 22.0 Å². The van der Waals surface area contributed by atoms with Crippen molar-refractivity contribution in [3.8, 4) is 28.5 Å². The van der Waals surface area contributed by atoms with Crippen LogP contribution in [0.3, 0.4) is 0 Å². The van der Waals surface area contributed by atoms with Crippen molar-refractivity contribution in [1.82, 2.24) is 4.98 Å². The van der Waals surface area contributed by atoms with Crippen LogP contribution in [0.4, 0.5) is 5.69 Å². The highest BCUT2D eigenvalue weighted by Gasteiger charge is 2.33. The number of furan rings is 1. The fraction of sp³-hybridized carbons (Fsp3) is 0.241. The number of pyridine rings is 1. The van der Waals surface area contributed by atoms with E-state index in [0.29, 0.717) is 45.3 Å². The first kappa shape index (κ1) is 27.8. The Hall–Kier alpha value is -3.18. The predicted octanol–water partition coefficient (Wildman–Crippen LogP) is 8.73. The maximum atomic E-state index is 13.1. The third kappa shape index (κ3) is 5.49. The molecule has 2 aromatic carbocycles. The largest absolute Gasteiger partial charge is 0.432 e. The van der Waals surface area contributed by atoms with Gasteiger partial charge in [-0.25, -0.2) is 4.98 Å². The van der Waals surface area contributed by atoms with Crippen LogP contribution in [-0.2, 0) is 4.79 Å². The molecule has 0 unspecified atom stereocenters. The fourth-order valence-electron chi connectivity index (χ4n) is 4.33. The number of hydrogen-bond donors (Lipinski definition) is 0. The second-order valence-electron chi connectivity index (χ2n) is 9.04. The minimum atomic E-state index is -0.303. The van der Waals surface area contributed by atoms with Gasteiger partial charge in [0.2, 0.25) is 17.4 Å². The van der Waals surface area contributed by atoms with Crippen LogP contribution in [-0.4, -0.2) is 23.2 Å². The lowest BCUT2D eigenvalue weighted by molar-refractivity contribution is -0.117. The molecule has 0 spiro atoms. The van der Waals surface area contributed by atoms with Crippen LogP contribution in [0.5, 0.6) is 0 Å². The molecule has 0 atom stereocenters. The number of amides is 1. The Morgan fingerprint density at radius 3 is 2.39 bits per heavy atom. The minimum absolute atomic E-state index is 0.0291. The number of nitriles is 1. The zero-order chi connectivity index (χ0) is 27.6. The highest BCUT2D eigenvalue weighted by molar-refractivity contribution is 9.10. The van der Waals surface area contributed by atoms with Crippen LogP contribution in [0.15, 0.2) is 57.4 Å². The van der Waals surface area contributed by atoms with Crippen molar-refractivity contribution in [2.75, 3.05) is 11.4 Å². The molecule has 4 aromatic rings. The van der Waals surface area contributed by atoms with E-state index in [-0.39, 0.29) is 29.1 Å². The van der Waals surface area contributed by atoms with Gasteiger partial charge in [-0.15, -0.1) is 0 Å². The normalized spacial score (nSPS) is 13.0. The van der Waals surface area contributed by atoms with E-state index in [4.69, 9.17) is 37.9 Å². The van der Waals surface area contributed by atoms with Gasteiger partial charge in [-0.2, -0.15) is 5.26 Å². The molecule has 1 aliphatic heterocycles. The number of benzene rings is 2. The molecule has 0 saturated carbocycles. The molecular weight excluding hydrogens is 589 g/mol. The number of hydrogen-bond acceptors (Lipinski definition) is 5. The molecule has 0 radical (unpaired) electrons. The molecule has 1 amide bonds. The van der Waals surface area contributed by atoms with Crippen molar-refractivity contribution >= 4 is 67.6 Å². The first-order valence-electron chi connectivity index (χ1n) is 12.0. The van der Waals surface area contributed by atoms with Crippen LogP contribution >= 0.6 is 39.1 Å². The number of carbonyl (C=O) groups excluding carboxylic acids is 2. The number of carbonyl (C=O) groups is 2. The molecule has 1 aliphatic rings. The van der Waals surface area contributed by atoms with Crippen LogP contribution in [0.2, 0.25) is 10.0 Å². The van der Waals surface area contributed by atoms with Crippen molar-refractivity contribution in [1.29, 1.82) is 5.26 Å². The molecule has 6 nitrogen and oxygen atoms in total. The highest BCUT2D eigenvalue weighted by Crippen LogP contribution is 2.43. The standard InChI is InChI=1S/C27H21BrCl2N2O3.C2H3N/c1-14(2)25(34)26-24(32-11-3-4-22(32)33)20-13-19(15-5-8-17(29)9-6-15)23(31-27(20)35-26)18-10-7-16(28)12-21(18)30;1-2-3/h5-10,12-14H,3-4,11H2,1-2H3;1H3. The Balaban J connectivity index is 0.00000107. The molecule has 1 saturated heterocycles. The molecule has 38 heavy (non-hydrogen) atoms. The van der Waals surface area contributed by atoms with Gasteiger partial charge in [0.15, 0.2) is 5.76 Å². The Bertz CT molecular complexity index is 1570. The van der Waals surface area contributed by atoms with Gasteiger partial charge in [0.05, 0.1) is 22.2 Å². The average molecular weight is 613 g/mol. The fourth-order valence-corrected chi connectivity index (χ4v) is 5.22. The predicted molar refractivity (Wildman–Crippen MR) is 155 cm³/mol. The molecule has 5 rings (SSSR count). The van der Waals surface area contributed by atoms with Gasteiger partial charge in [-0.05, 0) is 42.3 Å². The van der Waals surface area contributed by atoms with Gasteiger partial charge in [-0.3, -0.25) is 9.59 Å².